The first-order valence-electron chi connectivity index (χ1n) is 5.42. The summed E-state index contributed by atoms with van der Waals surface area (Å²) in [7, 11) is 2.09. The van der Waals surface area contributed by atoms with E-state index in [-0.39, 0.29) is 5.54 Å². The molecule has 1 rings (SSSR count). The van der Waals surface area contributed by atoms with Gasteiger partial charge in [-0.05, 0) is 27.8 Å². The van der Waals surface area contributed by atoms with Gasteiger partial charge >= 0.3 is 0 Å². The number of nitrogens with two attached hydrogens (primary N) is 1. The molecule has 2 N–H and O–H groups in total. The molecular weight excluding hydrogens is 188 g/mol. The molecule has 0 amide bonds. The fourth-order valence-corrected chi connectivity index (χ4v) is 1.30. The molecular formula is C11H22N4. The Hall–Kier alpha value is -0.870. The summed E-state index contributed by atoms with van der Waals surface area (Å²) in [6.45, 7) is 8.86. The number of aryl methyl sites for hydroxylation is 1. The topological polar surface area (TPSA) is 47.1 Å². The summed E-state index contributed by atoms with van der Waals surface area (Å²) in [5.74, 6) is 0. The molecule has 0 fully saturated rings. The van der Waals surface area contributed by atoms with Gasteiger partial charge in [-0.3, -0.25) is 9.58 Å². The first-order chi connectivity index (χ1) is 6.99. The zero-order valence-electron chi connectivity index (χ0n) is 10.2. The Morgan fingerprint density at radius 3 is 2.67 bits per heavy atom. The van der Waals surface area contributed by atoms with Gasteiger partial charge in [0.1, 0.15) is 0 Å². The molecule has 0 aliphatic carbocycles. The molecule has 0 bridgehead atoms. The summed E-state index contributed by atoms with van der Waals surface area (Å²) >= 11 is 0. The number of hydrogen-bond donors (Lipinski definition) is 1. The van der Waals surface area contributed by atoms with Crippen LogP contribution in [0.5, 0.6) is 0 Å². The van der Waals surface area contributed by atoms with E-state index in [0.717, 1.165) is 13.1 Å². The van der Waals surface area contributed by atoms with E-state index >= 15 is 0 Å². The van der Waals surface area contributed by atoms with Crippen LogP contribution in [0.4, 0.5) is 0 Å². The maximum atomic E-state index is 5.73. The Morgan fingerprint density at radius 2 is 2.20 bits per heavy atom. The van der Waals surface area contributed by atoms with Gasteiger partial charge in [0.25, 0.3) is 0 Å². The minimum absolute atomic E-state index is 0.0360. The second-order valence-electron chi connectivity index (χ2n) is 4.58. The molecule has 0 aliphatic heterocycles. The van der Waals surface area contributed by atoms with Gasteiger partial charge in [-0.25, -0.2) is 0 Å². The Bertz CT molecular complexity index is 303. The molecule has 1 aromatic heterocycles. The third-order valence-corrected chi connectivity index (χ3v) is 2.96. The predicted molar refractivity (Wildman–Crippen MR) is 62.5 cm³/mol. The molecule has 0 aliphatic rings. The molecule has 0 spiro atoms. The van der Waals surface area contributed by atoms with Crippen molar-refractivity contribution in [1.29, 1.82) is 0 Å². The van der Waals surface area contributed by atoms with Crippen LogP contribution in [0.2, 0.25) is 0 Å². The number of nitrogens with zero attached hydrogens (tertiary/aromatic N) is 3. The third kappa shape index (κ3) is 3.04. The molecule has 4 nitrogen and oxygen atoms in total. The maximum Gasteiger partial charge on any atom is 0.0534 e. The lowest BCUT2D eigenvalue weighted by Gasteiger charge is -2.34. The van der Waals surface area contributed by atoms with Crippen molar-refractivity contribution in [2.75, 3.05) is 13.6 Å². The molecule has 0 saturated heterocycles. The van der Waals surface area contributed by atoms with Crippen molar-refractivity contribution in [2.45, 2.75) is 39.4 Å². The zero-order chi connectivity index (χ0) is 11.5. The predicted octanol–water partition coefficient (Wildman–Crippen LogP) is 1.07. The second-order valence-corrected chi connectivity index (χ2v) is 4.58. The molecule has 86 valence electrons. The zero-order valence-corrected chi connectivity index (χ0v) is 10.2. The average Bonchev–Trinajstić information content (AvgIpc) is 2.65. The van der Waals surface area contributed by atoms with Crippen LogP contribution in [0, 0.1) is 0 Å². The Kier molecular flexibility index (Phi) is 3.88. The van der Waals surface area contributed by atoms with E-state index in [1.807, 2.05) is 10.9 Å². The van der Waals surface area contributed by atoms with Gasteiger partial charge in [0, 0.05) is 36.9 Å². The lowest BCUT2D eigenvalue weighted by molar-refractivity contribution is 0.155. The summed E-state index contributed by atoms with van der Waals surface area (Å²) in [6, 6.07) is 0. The Balaban J connectivity index is 2.61. The van der Waals surface area contributed by atoms with E-state index in [4.69, 9.17) is 5.73 Å². The molecule has 15 heavy (non-hydrogen) atoms. The van der Waals surface area contributed by atoms with Crippen molar-refractivity contribution in [2.24, 2.45) is 5.73 Å². The number of likely N-dealkylation sites (N-methyl/N-ethyl adjacent to an activating group) is 1. The van der Waals surface area contributed by atoms with Crippen molar-refractivity contribution in [3.8, 4) is 0 Å². The summed E-state index contributed by atoms with van der Waals surface area (Å²) in [5.41, 5.74) is 7.00. The van der Waals surface area contributed by atoms with Crippen LogP contribution in [0.15, 0.2) is 12.4 Å². The lowest BCUT2D eigenvalue weighted by Crippen LogP contribution is -2.46. The van der Waals surface area contributed by atoms with Crippen LogP contribution in [-0.4, -0.2) is 33.8 Å². The molecule has 4 heteroatoms. The molecule has 0 radical (unpaired) electrons. The van der Waals surface area contributed by atoms with E-state index in [1.165, 1.54) is 5.56 Å². The molecule has 0 atom stereocenters. The van der Waals surface area contributed by atoms with E-state index < -0.39 is 0 Å². The first-order valence-corrected chi connectivity index (χ1v) is 5.42. The van der Waals surface area contributed by atoms with E-state index in [1.54, 1.807) is 0 Å². The minimum atomic E-state index is 0.0360. The quantitative estimate of drug-likeness (QED) is 0.791. The van der Waals surface area contributed by atoms with Crippen LogP contribution >= 0.6 is 0 Å². The Morgan fingerprint density at radius 1 is 1.53 bits per heavy atom. The highest BCUT2D eigenvalue weighted by Gasteiger charge is 2.21. The molecule has 0 aromatic carbocycles. The van der Waals surface area contributed by atoms with Gasteiger partial charge in [-0.15, -0.1) is 0 Å². The monoisotopic (exact) mass is 210 g/mol. The van der Waals surface area contributed by atoms with Crippen LogP contribution in [0.3, 0.4) is 0 Å². The van der Waals surface area contributed by atoms with Gasteiger partial charge in [0.05, 0.1) is 6.20 Å². The fraction of sp³-hybridized carbons (Fsp3) is 0.727. The van der Waals surface area contributed by atoms with Crippen LogP contribution in [0.25, 0.3) is 0 Å². The normalized spacial score (nSPS) is 12.4. The summed E-state index contributed by atoms with van der Waals surface area (Å²) in [6.07, 6.45) is 4.01. The van der Waals surface area contributed by atoms with Crippen LogP contribution < -0.4 is 5.73 Å². The number of aromatic nitrogens is 2. The minimum Gasteiger partial charge on any atom is -0.329 e. The molecule has 0 unspecified atom stereocenters. The summed E-state index contributed by atoms with van der Waals surface area (Å²) in [5, 5.41) is 4.25. The standard InChI is InChI=1S/C11H22N4/c1-5-15-8-10(6-13-15)7-14(4)11(2,3)9-12/h6,8H,5,7,9,12H2,1-4H3. The SMILES string of the molecule is CCn1cc(CN(C)C(C)(C)CN)cn1. The highest BCUT2D eigenvalue weighted by Crippen LogP contribution is 2.13. The van der Waals surface area contributed by atoms with Crippen molar-refractivity contribution in [3.63, 3.8) is 0 Å². The largest absolute Gasteiger partial charge is 0.329 e. The van der Waals surface area contributed by atoms with E-state index in [2.05, 4.69) is 44.0 Å². The van der Waals surface area contributed by atoms with Crippen LogP contribution in [0.1, 0.15) is 26.3 Å². The van der Waals surface area contributed by atoms with Gasteiger partial charge in [0.15, 0.2) is 0 Å². The number of rotatable bonds is 5. The Labute approximate surface area is 92.1 Å². The maximum absolute atomic E-state index is 5.73. The third-order valence-electron chi connectivity index (χ3n) is 2.96. The molecule has 1 aromatic rings. The van der Waals surface area contributed by atoms with Crippen molar-refractivity contribution >= 4 is 0 Å². The highest BCUT2D eigenvalue weighted by molar-refractivity contribution is 5.04. The van der Waals surface area contributed by atoms with Crippen molar-refractivity contribution < 1.29 is 0 Å². The lowest BCUT2D eigenvalue weighted by atomic mass is 10.0. The van der Waals surface area contributed by atoms with E-state index in [0.29, 0.717) is 6.54 Å². The second kappa shape index (κ2) is 4.77. The van der Waals surface area contributed by atoms with Gasteiger partial charge in [0.2, 0.25) is 0 Å². The molecule has 0 saturated carbocycles. The van der Waals surface area contributed by atoms with Gasteiger partial charge < -0.3 is 5.73 Å². The van der Waals surface area contributed by atoms with Gasteiger partial charge in [-0.1, -0.05) is 0 Å². The van der Waals surface area contributed by atoms with Crippen LogP contribution in [-0.2, 0) is 13.1 Å². The van der Waals surface area contributed by atoms with Crippen molar-refractivity contribution in [1.82, 2.24) is 14.7 Å². The summed E-state index contributed by atoms with van der Waals surface area (Å²) in [4.78, 5) is 2.25. The first kappa shape index (κ1) is 12.2. The highest BCUT2D eigenvalue weighted by atomic mass is 15.3. The number of hydrogen-bond acceptors (Lipinski definition) is 3. The van der Waals surface area contributed by atoms with E-state index in [9.17, 15) is 0 Å². The fourth-order valence-electron chi connectivity index (χ4n) is 1.30. The smallest absolute Gasteiger partial charge is 0.0534 e. The summed E-state index contributed by atoms with van der Waals surface area (Å²) < 4.78 is 1.94. The van der Waals surface area contributed by atoms with Gasteiger partial charge in [-0.2, -0.15) is 5.10 Å². The molecule has 1 heterocycles. The van der Waals surface area contributed by atoms with Crippen molar-refractivity contribution in [3.05, 3.63) is 18.0 Å². The average molecular weight is 210 g/mol.